The zero-order chi connectivity index (χ0) is 20.5. The molecule has 0 fully saturated rings. The SMILES string of the molecule is CC1(C)c2cc(I)ccc2-c2ccc(-c3ccc4c(c3)Oc3ccccc3O4)cc21. The quantitative estimate of drug-likeness (QED) is 0.215. The van der Waals surface area contributed by atoms with Gasteiger partial charge < -0.3 is 9.47 Å². The van der Waals surface area contributed by atoms with Crippen molar-refractivity contribution in [3.8, 4) is 45.3 Å². The first-order valence-corrected chi connectivity index (χ1v) is 11.1. The molecule has 2 aliphatic rings. The Bertz CT molecular complexity index is 1340. The lowest BCUT2D eigenvalue weighted by molar-refractivity contribution is 0.360. The summed E-state index contributed by atoms with van der Waals surface area (Å²) in [6, 6.07) is 27.5. The van der Waals surface area contributed by atoms with E-state index in [1.807, 2.05) is 30.3 Å². The van der Waals surface area contributed by atoms with Gasteiger partial charge in [0.25, 0.3) is 0 Å². The largest absolute Gasteiger partial charge is 0.450 e. The molecule has 0 saturated carbocycles. The molecule has 30 heavy (non-hydrogen) atoms. The van der Waals surface area contributed by atoms with E-state index in [1.165, 1.54) is 31.4 Å². The van der Waals surface area contributed by atoms with Crippen LogP contribution in [0.5, 0.6) is 23.0 Å². The van der Waals surface area contributed by atoms with Crippen molar-refractivity contribution in [3.63, 3.8) is 0 Å². The van der Waals surface area contributed by atoms with Crippen LogP contribution in [0.3, 0.4) is 0 Å². The topological polar surface area (TPSA) is 18.5 Å². The molecule has 0 unspecified atom stereocenters. The van der Waals surface area contributed by atoms with E-state index in [0.717, 1.165) is 28.6 Å². The summed E-state index contributed by atoms with van der Waals surface area (Å²) in [4.78, 5) is 0. The van der Waals surface area contributed by atoms with Crippen molar-refractivity contribution >= 4 is 22.6 Å². The molecule has 0 atom stereocenters. The van der Waals surface area contributed by atoms with Crippen LogP contribution >= 0.6 is 22.6 Å². The van der Waals surface area contributed by atoms with E-state index in [9.17, 15) is 0 Å². The van der Waals surface area contributed by atoms with Crippen molar-refractivity contribution in [1.82, 2.24) is 0 Å². The smallest absolute Gasteiger partial charge is 0.170 e. The summed E-state index contributed by atoms with van der Waals surface area (Å²) in [5.74, 6) is 3.01. The summed E-state index contributed by atoms with van der Waals surface area (Å²) in [7, 11) is 0. The summed E-state index contributed by atoms with van der Waals surface area (Å²) in [5.41, 5.74) is 7.75. The fourth-order valence-electron chi connectivity index (χ4n) is 4.60. The van der Waals surface area contributed by atoms with E-state index in [0.29, 0.717) is 0 Å². The van der Waals surface area contributed by atoms with E-state index in [4.69, 9.17) is 9.47 Å². The van der Waals surface area contributed by atoms with Crippen molar-refractivity contribution < 1.29 is 9.47 Å². The van der Waals surface area contributed by atoms with Crippen LogP contribution in [0, 0.1) is 3.57 Å². The van der Waals surface area contributed by atoms with Gasteiger partial charge >= 0.3 is 0 Å². The second-order valence-corrected chi connectivity index (χ2v) is 9.63. The van der Waals surface area contributed by atoms with E-state index in [1.54, 1.807) is 0 Å². The molecular weight excluding hydrogens is 483 g/mol. The van der Waals surface area contributed by atoms with Crippen LogP contribution in [-0.4, -0.2) is 0 Å². The Morgan fingerprint density at radius 1 is 0.600 bits per heavy atom. The van der Waals surface area contributed by atoms with Gasteiger partial charge in [-0.05, 0) is 98.4 Å². The molecule has 0 aromatic heterocycles. The number of benzene rings is 4. The number of rotatable bonds is 1. The fourth-order valence-corrected chi connectivity index (χ4v) is 5.09. The molecule has 0 N–H and O–H groups in total. The van der Waals surface area contributed by atoms with Crippen LogP contribution in [0.4, 0.5) is 0 Å². The van der Waals surface area contributed by atoms with Gasteiger partial charge in [0.2, 0.25) is 0 Å². The van der Waals surface area contributed by atoms with Crippen molar-refractivity contribution in [3.05, 3.63) is 93.6 Å². The van der Waals surface area contributed by atoms with Crippen LogP contribution in [0.2, 0.25) is 0 Å². The lowest BCUT2D eigenvalue weighted by Gasteiger charge is -2.23. The first kappa shape index (κ1) is 18.0. The number of para-hydroxylation sites is 2. The zero-order valence-electron chi connectivity index (χ0n) is 16.7. The van der Waals surface area contributed by atoms with Crippen LogP contribution in [0.25, 0.3) is 22.3 Å². The Kier molecular flexibility index (Phi) is 3.81. The number of hydrogen-bond donors (Lipinski definition) is 0. The maximum absolute atomic E-state index is 6.11. The van der Waals surface area contributed by atoms with Crippen LogP contribution < -0.4 is 9.47 Å². The molecule has 1 aliphatic heterocycles. The van der Waals surface area contributed by atoms with Gasteiger partial charge in [-0.1, -0.05) is 50.2 Å². The van der Waals surface area contributed by atoms with E-state index in [2.05, 4.69) is 85.0 Å². The second kappa shape index (κ2) is 6.35. The molecule has 3 heteroatoms. The standard InChI is InChI=1S/C27H19IO2/c1-27(2)21-13-16(7-10-19(21)20-11-9-18(28)15-22(20)27)17-8-12-25-26(14-17)30-24-6-4-3-5-23(24)29-25/h3-15H,1-2H3. The van der Waals surface area contributed by atoms with Gasteiger partial charge in [0.1, 0.15) is 0 Å². The van der Waals surface area contributed by atoms with Crippen molar-refractivity contribution in [2.75, 3.05) is 0 Å². The maximum Gasteiger partial charge on any atom is 0.170 e. The molecule has 6 rings (SSSR count). The average Bonchev–Trinajstić information content (AvgIpc) is 2.98. The third kappa shape index (κ3) is 2.61. The minimum Gasteiger partial charge on any atom is -0.450 e. The lowest BCUT2D eigenvalue weighted by atomic mass is 9.81. The van der Waals surface area contributed by atoms with Gasteiger partial charge in [-0.25, -0.2) is 0 Å². The molecule has 0 bridgehead atoms. The highest BCUT2D eigenvalue weighted by atomic mass is 127. The highest BCUT2D eigenvalue weighted by Crippen LogP contribution is 2.51. The molecule has 2 nitrogen and oxygen atoms in total. The monoisotopic (exact) mass is 502 g/mol. The molecule has 4 aromatic carbocycles. The zero-order valence-corrected chi connectivity index (χ0v) is 18.9. The van der Waals surface area contributed by atoms with Crippen LogP contribution in [0.1, 0.15) is 25.0 Å². The van der Waals surface area contributed by atoms with Gasteiger partial charge in [-0.3, -0.25) is 0 Å². The van der Waals surface area contributed by atoms with Crippen LogP contribution in [0.15, 0.2) is 78.9 Å². The van der Waals surface area contributed by atoms with E-state index < -0.39 is 0 Å². The Labute approximate surface area is 189 Å². The first-order chi connectivity index (χ1) is 14.5. The van der Waals surface area contributed by atoms with Crippen molar-refractivity contribution in [1.29, 1.82) is 0 Å². The first-order valence-electron chi connectivity index (χ1n) is 10.0. The average molecular weight is 502 g/mol. The molecular formula is C27H19IO2. The predicted molar refractivity (Wildman–Crippen MR) is 129 cm³/mol. The van der Waals surface area contributed by atoms with E-state index in [-0.39, 0.29) is 5.41 Å². The number of ether oxygens (including phenoxy) is 2. The Balaban J connectivity index is 1.43. The highest BCUT2D eigenvalue weighted by molar-refractivity contribution is 14.1. The minimum atomic E-state index is -0.0192. The number of hydrogen-bond acceptors (Lipinski definition) is 2. The molecule has 146 valence electrons. The van der Waals surface area contributed by atoms with Gasteiger partial charge in [0.05, 0.1) is 0 Å². The fraction of sp³-hybridized carbons (Fsp3) is 0.111. The predicted octanol–water partition coefficient (Wildman–Crippen LogP) is 8.16. The lowest BCUT2D eigenvalue weighted by Crippen LogP contribution is -2.15. The molecule has 0 amide bonds. The van der Waals surface area contributed by atoms with Gasteiger partial charge in [0.15, 0.2) is 23.0 Å². The second-order valence-electron chi connectivity index (χ2n) is 8.39. The van der Waals surface area contributed by atoms with Gasteiger partial charge in [-0.2, -0.15) is 0 Å². The molecule has 0 saturated heterocycles. The minimum absolute atomic E-state index is 0.0192. The third-order valence-corrected chi connectivity index (χ3v) is 6.88. The summed E-state index contributed by atoms with van der Waals surface area (Å²) in [5, 5.41) is 0. The van der Waals surface area contributed by atoms with Crippen molar-refractivity contribution in [2.45, 2.75) is 19.3 Å². The number of fused-ring (bicyclic) bond motifs is 5. The molecule has 0 spiro atoms. The summed E-state index contributed by atoms with van der Waals surface area (Å²) < 4.78 is 13.4. The molecule has 1 heterocycles. The third-order valence-electron chi connectivity index (χ3n) is 6.20. The normalized spacial score (nSPS) is 14.6. The summed E-state index contributed by atoms with van der Waals surface area (Å²) in [6.45, 7) is 4.64. The Hall–Kier alpha value is -2.79. The Morgan fingerprint density at radius 3 is 1.93 bits per heavy atom. The van der Waals surface area contributed by atoms with E-state index >= 15 is 0 Å². The number of halogens is 1. The molecule has 1 aliphatic carbocycles. The summed E-state index contributed by atoms with van der Waals surface area (Å²) >= 11 is 2.40. The highest BCUT2D eigenvalue weighted by Gasteiger charge is 2.35. The molecule has 0 radical (unpaired) electrons. The van der Waals surface area contributed by atoms with Gasteiger partial charge in [0, 0.05) is 8.99 Å². The Morgan fingerprint density at radius 2 is 1.17 bits per heavy atom. The molecule has 4 aromatic rings. The summed E-state index contributed by atoms with van der Waals surface area (Å²) in [6.07, 6.45) is 0. The van der Waals surface area contributed by atoms with Crippen molar-refractivity contribution in [2.24, 2.45) is 0 Å². The maximum atomic E-state index is 6.11. The van der Waals surface area contributed by atoms with Crippen LogP contribution in [-0.2, 0) is 5.41 Å². The van der Waals surface area contributed by atoms with Gasteiger partial charge in [-0.15, -0.1) is 0 Å².